The highest BCUT2D eigenvalue weighted by molar-refractivity contribution is 7.88. The summed E-state index contributed by atoms with van der Waals surface area (Å²) in [6, 6.07) is 9.50. The van der Waals surface area contributed by atoms with E-state index in [0.29, 0.717) is 41.9 Å². The second kappa shape index (κ2) is 10.6. The minimum atomic E-state index is -3.57. The number of hydrogen-bond acceptors (Lipinski definition) is 7. The Hall–Kier alpha value is -3.51. The van der Waals surface area contributed by atoms with E-state index in [2.05, 4.69) is 12.0 Å². The van der Waals surface area contributed by atoms with Gasteiger partial charge in [0.05, 0.1) is 23.7 Å². The van der Waals surface area contributed by atoms with Gasteiger partial charge in [0.15, 0.2) is 0 Å². The van der Waals surface area contributed by atoms with Crippen LogP contribution in [0.4, 0.5) is 20.2 Å². The van der Waals surface area contributed by atoms with Crippen LogP contribution in [0.3, 0.4) is 0 Å². The van der Waals surface area contributed by atoms with Crippen molar-refractivity contribution in [2.24, 2.45) is 11.8 Å². The summed E-state index contributed by atoms with van der Waals surface area (Å²) in [7, 11) is -3.57. The molecular weight excluding hydrogens is 528 g/mol. The van der Waals surface area contributed by atoms with Crippen LogP contribution >= 0.6 is 0 Å². The Labute approximate surface area is 225 Å². The maximum atomic E-state index is 13.9. The van der Waals surface area contributed by atoms with Gasteiger partial charge >= 0.3 is 5.56 Å². The van der Waals surface area contributed by atoms with E-state index in [4.69, 9.17) is 10.5 Å². The molecule has 0 spiro atoms. The fourth-order valence-corrected chi connectivity index (χ4v) is 6.53. The molecule has 0 amide bonds. The fourth-order valence-electron chi connectivity index (χ4n) is 5.01. The molecule has 1 aliphatic heterocycles. The predicted molar refractivity (Wildman–Crippen MR) is 144 cm³/mol. The highest BCUT2D eigenvalue weighted by Crippen LogP contribution is 2.42. The summed E-state index contributed by atoms with van der Waals surface area (Å²) in [5, 5.41) is 4.19. The maximum absolute atomic E-state index is 13.9. The van der Waals surface area contributed by atoms with Crippen LogP contribution < -0.4 is 20.9 Å². The molecule has 2 aliphatic rings. The topological polar surface area (TPSA) is 111 Å². The number of aromatic nitrogens is 2. The lowest BCUT2D eigenvalue weighted by molar-refractivity contribution is 0.188. The molecule has 2 aromatic carbocycles. The number of anilines is 2. The van der Waals surface area contributed by atoms with Gasteiger partial charge in [0.25, 0.3) is 0 Å². The van der Waals surface area contributed by atoms with Crippen molar-refractivity contribution in [3.05, 3.63) is 76.2 Å². The standard InChI is InChI=1S/C27H31F2N5O4S/c1-17-11-24(17)18(2)38-26-25(15-31-34(27(26)35)23-13-20(28)12-21(29)14-23)32-7-9-33(10-8-32)39(36,37)16-19-3-5-22(30)6-4-19/h3-6,12-15,17-18,24H,7-11,16,30H2,1-2H3/t17-,18?,24-/m1/s1. The van der Waals surface area contributed by atoms with E-state index in [-0.39, 0.29) is 36.4 Å². The van der Waals surface area contributed by atoms with E-state index in [1.807, 2.05) is 11.8 Å². The molecule has 5 rings (SSSR count). The molecule has 1 aromatic heterocycles. The summed E-state index contributed by atoms with van der Waals surface area (Å²) in [6.45, 7) is 5.05. The summed E-state index contributed by atoms with van der Waals surface area (Å²) in [4.78, 5) is 15.4. The number of nitrogens with two attached hydrogens (primary N) is 1. The molecule has 1 aliphatic carbocycles. The first kappa shape index (κ1) is 27.1. The quantitative estimate of drug-likeness (QED) is 0.422. The monoisotopic (exact) mass is 559 g/mol. The Kier molecular flexibility index (Phi) is 7.34. The van der Waals surface area contributed by atoms with Crippen LogP contribution in [-0.2, 0) is 15.8 Å². The second-order valence-electron chi connectivity index (χ2n) is 10.3. The van der Waals surface area contributed by atoms with E-state index in [0.717, 1.165) is 29.3 Å². The molecule has 1 saturated heterocycles. The van der Waals surface area contributed by atoms with Gasteiger partial charge in [-0.05, 0) is 55.0 Å². The van der Waals surface area contributed by atoms with Crippen LogP contribution in [-0.4, -0.2) is 54.8 Å². The summed E-state index contributed by atoms with van der Waals surface area (Å²) in [6.07, 6.45) is 2.16. The van der Waals surface area contributed by atoms with Crippen LogP contribution in [0, 0.1) is 23.5 Å². The van der Waals surface area contributed by atoms with Crippen molar-refractivity contribution in [3.8, 4) is 11.4 Å². The molecule has 3 aromatic rings. The molecule has 2 heterocycles. The van der Waals surface area contributed by atoms with Crippen LogP contribution in [0.15, 0.2) is 53.5 Å². The van der Waals surface area contributed by atoms with Crippen LogP contribution in [0.5, 0.6) is 5.75 Å². The van der Waals surface area contributed by atoms with Crippen molar-refractivity contribution in [1.82, 2.24) is 14.1 Å². The first-order valence-electron chi connectivity index (χ1n) is 12.8. The molecular formula is C27H31F2N5O4S. The molecule has 12 heteroatoms. The molecule has 1 unspecified atom stereocenters. The molecule has 0 bridgehead atoms. The SMILES string of the molecule is CC(Oc1c(N2CCN(S(=O)(=O)Cc3ccc(N)cc3)CC2)cnn(-c2cc(F)cc(F)c2)c1=O)[C@@H]1C[C@H]1C. The van der Waals surface area contributed by atoms with Gasteiger partial charge < -0.3 is 15.4 Å². The average Bonchev–Trinajstić information content (AvgIpc) is 3.62. The minimum absolute atomic E-state index is 0.0273. The van der Waals surface area contributed by atoms with Crippen LogP contribution in [0.25, 0.3) is 5.69 Å². The summed E-state index contributed by atoms with van der Waals surface area (Å²) in [5.41, 5.74) is 6.63. The van der Waals surface area contributed by atoms with Gasteiger partial charge in [-0.1, -0.05) is 19.1 Å². The van der Waals surface area contributed by atoms with Crippen molar-refractivity contribution in [1.29, 1.82) is 0 Å². The lowest BCUT2D eigenvalue weighted by Crippen LogP contribution is -2.49. The van der Waals surface area contributed by atoms with Crippen molar-refractivity contribution < 1.29 is 21.9 Å². The molecule has 2 fully saturated rings. The number of nitrogens with zero attached hydrogens (tertiary/aromatic N) is 4. The Bertz CT molecular complexity index is 1500. The molecule has 1 saturated carbocycles. The highest BCUT2D eigenvalue weighted by Gasteiger charge is 2.39. The summed E-state index contributed by atoms with van der Waals surface area (Å²) in [5.74, 6) is -1.01. The number of piperazine rings is 1. The second-order valence-corrected chi connectivity index (χ2v) is 12.3. The van der Waals surface area contributed by atoms with Gasteiger partial charge in [0, 0.05) is 37.9 Å². The Balaban J connectivity index is 1.39. The molecule has 3 atom stereocenters. The van der Waals surface area contributed by atoms with E-state index in [9.17, 15) is 22.0 Å². The van der Waals surface area contributed by atoms with Gasteiger partial charge in [-0.3, -0.25) is 4.79 Å². The Morgan fingerprint density at radius 2 is 1.69 bits per heavy atom. The van der Waals surface area contributed by atoms with E-state index in [1.54, 1.807) is 24.3 Å². The minimum Gasteiger partial charge on any atom is -0.483 e. The zero-order chi connectivity index (χ0) is 27.9. The third-order valence-corrected chi connectivity index (χ3v) is 9.24. The predicted octanol–water partition coefficient (Wildman–Crippen LogP) is 3.17. The fraction of sp³-hybridized carbons (Fsp3) is 0.407. The normalized spacial score (nSPS) is 20.6. The third kappa shape index (κ3) is 5.91. The number of rotatable bonds is 8. The molecule has 39 heavy (non-hydrogen) atoms. The van der Waals surface area contributed by atoms with E-state index < -0.39 is 27.2 Å². The summed E-state index contributed by atoms with van der Waals surface area (Å²) >= 11 is 0. The number of sulfonamides is 1. The van der Waals surface area contributed by atoms with Gasteiger partial charge in [-0.2, -0.15) is 14.1 Å². The molecule has 9 nitrogen and oxygen atoms in total. The van der Waals surface area contributed by atoms with Crippen molar-refractivity contribution >= 4 is 21.4 Å². The molecule has 2 N–H and O–H groups in total. The average molecular weight is 560 g/mol. The van der Waals surface area contributed by atoms with Gasteiger partial charge in [-0.25, -0.2) is 17.2 Å². The smallest absolute Gasteiger partial charge is 0.316 e. The number of ether oxygens (including phenoxy) is 1. The largest absolute Gasteiger partial charge is 0.483 e. The molecule has 208 valence electrons. The van der Waals surface area contributed by atoms with E-state index >= 15 is 0 Å². The Morgan fingerprint density at radius 1 is 1.08 bits per heavy atom. The lowest BCUT2D eigenvalue weighted by atomic mass is 10.2. The number of halogens is 2. The highest BCUT2D eigenvalue weighted by atomic mass is 32.2. The third-order valence-electron chi connectivity index (χ3n) is 7.39. The number of benzene rings is 2. The maximum Gasteiger partial charge on any atom is 0.316 e. The van der Waals surface area contributed by atoms with Crippen molar-refractivity contribution in [2.45, 2.75) is 32.1 Å². The number of hydrogen-bond donors (Lipinski definition) is 1. The van der Waals surface area contributed by atoms with Crippen molar-refractivity contribution in [2.75, 3.05) is 36.8 Å². The Morgan fingerprint density at radius 3 is 2.28 bits per heavy atom. The van der Waals surface area contributed by atoms with Gasteiger partial charge in [0.2, 0.25) is 15.8 Å². The molecule has 0 radical (unpaired) electrons. The zero-order valence-corrected chi connectivity index (χ0v) is 22.6. The number of nitrogen functional groups attached to an aromatic ring is 1. The zero-order valence-electron chi connectivity index (χ0n) is 21.8. The van der Waals surface area contributed by atoms with Crippen LogP contribution in [0.2, 0.25) is 0 Å². The first-order chi connectivity index (χ1) is 18.5. The van der Waals surface area contributed by atoms with Crippen LogP contribution in [0.1, 0.15) is 25.8 Å². The van der Waals surface area contributed by atoms with Crippen molar-refractivity contribution in [3.63, 3.8) is 0 Å². The van der Waals surface area contributed by atoms with E-state index in [1.165, 1.54) is 10.5 Å². The lowest BCUT2D eigenvalue weighted by Gasteiger charge is -2.36. The first-order valence-corrected chi connectivity index (χ1v) is 14.5. The van der Waals surface area contributed by atoms with Gasteiger partial charge in [-0.15, -0.1) is 0 Å². The summed E-state index contributed by atoms with van der Waals surface area (Å²) < 4.78 is 62.4. The van der Waals surface area contributed by atoms with Gasteiger partial charge in [0.1, 0.15) is 17.3 Å².